The van der Waals surface area contributed by atoms with Crippen LogP contribution in [0.15, 0.2) is 23.8 Å². The van der Waals surface area contributed by atoms with Crippen molar-refractivity contribution in [3.05, 3.63) is 40.5 Å². The molecule has 0 aromatic heterocycles. The highest BCUT2D eigenvalue weighted by Gasteiger charge is 2.15. The van der Waals surface area contributed by atoms with Crippen molar-refractivity contribution in [3.63, 3.8) is 0 Å². The summed E-state index contributed by atoms with van der Waals surface area (Å²) in [5.41, 5.74) is 6.27. The van der Waals surface area contributed by atoms with Crippen molar-refractivity contribution in [2.45, 2.75) is 52.9 Å². The summed E-state index contributed by atoms with van der Waals surface area (Å²) in [5.74, 6) is 0.773. The fraction of sp³-hybridized carbons (Fsp3) is 0.529. The zero-order valence-electron chi connectivity index (χ0n) is 11.4. The summed E-state index contributed by atoms with van der Waals surface area (Å²) in [6.07, 6.45) is 8.73. The van der Waals surface area contributed by atoms with Crippen molar-refractivity contribution >= 4 is 6.08 Å². The monoisotopic (exact) mass is 228 g/mol. The molecule has 0 saturated heterocycles. The number of unbranched alkanes of at least 4 members (excludes halogenated alkanes) is 1. The topological polar surface area (TPSA) is 0 Å². The highest BCUT2D eigenvalue weighted by molar-refractivity contribution is 5.66. The molecule has 0 heteroatoms. The molecule has 0 N–H and O–H groups in total. The molecule has 0 fully saturated rings. The second-order valence-corrected chi connectivity index (χ2v) is 5.67. The number of allylic oxidation sites excluding steroid dienone is 1. The van der Waals surface area contributed by atoms with E-state index in [1.807, 2.05) is 0 Å². The fourth-order valence-corrected chi connectivity index (χ4v) is 2.75. The van der Waals surface area contributed by atoms with Gasteiger partial charge in [-0.15, -0.1) is 0 Å². The lowest BCUT2D eigenvalue weighted by Gasteiger charge is -2.06. The minimum atomic E-state index is 0.773. The molecule has 2 rings (SSSR count). The Bertz CT molecular complexity index is 410. The Kier molecular flexibility index (Phi) is 4.04. The van der Waals surface area contributed by atoms with E-state index < -0.39 is 0 Å². The first kappa shape index (κ1) is 12.4. The number of benzene rings is 1. The molecule has 0 nitrogen and oxygen atoms in total. The molecule has 0 spiro atoms. The molecular formula is C17H24. The Balaban J connectivity index is 2.18. The van der Waals surface area contributed by atoms with Gasteiger partial charge in [-0.1, -0.05) is 57.0 Å². The van der Waals surface area contributed by atoms with Crippen molar-refractivity contribution < 1.29 is 0 Å². The van der Waals surface area contributed by atoms with Crippen molar-refractivity contribution in [2.24, 2.45) is 5.92 Å². The average molecular weight is 228 g/mol. The Hall–Kier alpha value is -1.04. The third kappa shape index (κ3) is 3.00. The van der Waals surface area contributed by atoms with Crippen molar-refractivity contribution in [1.82, 2.24) is 0 Å². The predicted molar refractivity (Wildman–Crippen MR) is 76.2 cm³/mol. The van der Waals surface area contributed by atoms with Gasteiger partial charge in [0.1, 0.15) is 0 Å². The predicted octanol–water partition coefficient (Wildman–Crippen LogP) is 5.01. The van der Waals surface area contributed by atoms with E-state index in [1.165, 1.54) is 37.7 Å². The summed E-state index contributed by atoms with van der Waals surface area (Å²) < 4.78 is 0. The van der Waals surface area contributed by atoms with Crippen LogP contribution in [0.4, 0.5) is 0 Å². The molecule has 0 aliphatic heterocycles. The summed E-state index contributed by atoms with van der Waals surface area (Å²) in [7, 11) is 0. The van der Waals surface area contributed by atoms with Crippen LogP contribution >= 0.6 is 0 Å². The van der Waals surface area contributed by atoms with E-state index in [4.69, 9.17) is 0 Å². The van der Waals surface area contributed by atoms with Gasteiger partial charge in [-0.05, 0) is 48.3 Å². The Labute approximate surface area is 106 Å². The van der Waals surface area contributed by atoms with Gasteiger partial charge in [0.25, 0.3) is 0 Å². The molecule has 0 heterocycles. The molecule has 0 radical (unpaired) electrons. The maximum atomic E-state index is 2.46. The summed E-state index contributed by atoms with van der Waals surface area (Å²) >= 11 is 0. The number of aryl methyl sites for hydroxylation is 1. The van der Waals surface area contributed by atoms with Gasteiger partial charge >= 0.3 is 0 Å². The van der Waals surface area contributed by atoms with E-state index in [0.717, 1.165) is 5.92 Å². The standard InChI is InChI=1S/C17H24/c1-4-5-7-15-8-6-9-16-11-14(10-13(2)3)12-17(15)16/h6,8-9,12-13H,4-5,7,10-11H2,1-3H3. The molecule has 0 atom stereocenters. The Morgan fingerprint density at radius 2 is 2.06 bits per heavy atom. The van der Waals surface area contributed by atoms with Gasteiger partial charge in [0.15, 0.2) is 0 Å². The van der Waals surface area contributed by atoms with Gasteiger partial charge in [-0.2, -0.15) is 0 Å². The summed E-state index contributed by atoms with van der Waals surface area (Å²) in [5, 5.41) is 0. The second-order valence-electron chi connectivity index (χ2n) is 5.67. The van der Waals surface area contributed by atoms with Crippen LogP contribution in [-0.2, 0) is 12.8 Å². The van der Waals surface area contributed by atoms with Crippen LogP contribution in [0, 0.1) is 5.92 Å². The van der Waals surface area contributed by atoms with Crippen molar-refractivity contribution in [2.75, 3.05) is 0 Å². The van der Waals surface area contributed by atoms with E-state index in [9.17, 15) is 0 Å². The highest BCUT2D eigenvalue weighted by atomic mass is 14.2. The van der Waals surface area contributed by atoms with Gasteiger partial charge in [0, 0.05) is 0 Å². The quantitative estimate of drug-likeness (QED) is 0.664. The lowest BCUT2D eigenvalue weighted by atomic mass is 9.99. The van der Waals surface area contributed by atoms with Gasteiger partial charge in [-0.25, -0.2) is 0 Å². The van der Waals surface area contributed by atoms with E-state index in [0.29, 0.717) is 0 Å². The maximum absolute atomic E-state index is 2.46. The lowest BCUT2D eigenvalue weighted by molar-refractivity contribution is 0.638. The van der Waals surface area contributed by atoms with E-state index in [1.54, 1.807) is 16.7 Å². The molecule has 1 aromatic carbocycles. The smallest absolute Gasteiger partial charge is 0.00576 e. The third-order valence-electron chi connectivity index (χ3n) is 3.52. The lowest BCUT2D eigenvalue weighted by Crippen LogP contribution is -1.92. The minimum absolute atomic E-state index is 0.773. The van der Waals surface area contributed by atoms with E-state index in [2.05, 4.69) is 45.0 Å². The van der Waals surface area contributed by atoms with Gasteiger partial charge in [0.05, 0.1) is 0 Å². The van der Waals surface area contributed by atoms with Gasteiger partial charge in [0.2, 0.25) is 0 Å². The van der Waals surface area contributed by atoms with Gasteiger partial charge < -0.3 is 0 Å². The molecule has 17 heavy (non-hydrogen) atoms. The second kappa shape index (κ2) is 5.53. The van der Waals surface area contributed by atoms with Crippen LogP contribution < -0.4 is 0 Å². The first-order valence-electron chi connectivity index (χ1n) is 7.01. The first-order valence-corrected chi connectivity index (χ1v) is 7.01. The minimum Gasteiger partial charge on any atom is -0.0654 e. The largest absolute Gasteiger partial charge is 0.0654 e. The molecule has 1 aliphatic rings. The molecule has 1 aliphatic carbocycles. The Morgan fingerprint density at radius 3 is 2.76 bits per heavy atom. The highest BCUT2D eigenvalue weighted by Crippen LogP contribution is 2.31. The van der Waals surface area contributed by atoms with Crippen LogP contribution in [0.1, 0.15) is 56.7 Å². The number of rotatable bonds is 5. The third-order valence-corrected chi connectivity index (χ3v) is 3.52. The van der Waals surface area contributed by atoms with Crippen LogP contribution in [0.5, 0.6) is 0 Å². The van der Waals surface area contributed by atoms with E-state index >= 15 is 0 Å². The molecule has 0 unspecified atom stereocenters. The Morgan fingerprint density at radius 1 is 1.24 bits per heavy atom. The van der Waals surface area contributed by atoms with Crippen LogP contribution in [0.3, 0.4) is 0 Å². The molecule has 0 amide bonds. The summed E-state index contributed by atoms with van der Waals surface area (Å²) in [6.45, 7) is 6.88. The van der Waals surface area contributed by atoms with Crippen molar-refractivity contribution in [1.29, 1.82) is 0 Å². The summed E-state index contributed by atoms with van der Waals surface area (Å²) in [4.78, 5) is 0. The fourth-order valence-electron chi connectivity index (χ4n) is 2.75. The normalized spacial score (nSPS) is 14.0. The average Bonchev–Trinajstić information content (AvgIpc) is 2.67. The SMILES string of the molecule is CCCCc1cccc2c1C=C(CC(C)C)C2. The van der Waals surface area contributed by atoms with Gasteiger partial charge in [-0.3, -0.25) is 0 Å². The number of hydrogen-bond acceptors (Lipinski definition) is 0. The molecule has 0 bridgehead atoms. The summed E-state index contributed by atoms with van der Waals surface area (Å²) in [6, 6.07) is 6.84. The molecular weight excluding hydrogens is 204 g/mol. The number of fused-ring (bicyclic) bond motifs is 1. The number of hydrogen-bond donors (Lipinski definition) is 0. The maximum Gasteiger partial charge on any atom is -0.00576 e. The van der Waals surface area contributed by atoms with Crippen molar-refractivity contribution in [3.8, 4) is 0 Å². The van der Waals surface area contributed by atoms with Crippen LogP contribution in [-0.4, -0.2) is 0 Å². The zero-order valence-corrected chi connectivity index (χ0v) is 11.4. The molecule has 1 aromatic rings. The molecule has 92 valence electrons. The van der Waals surface area contributed by atoms with Crippen LogP contribution in [0.2, 0.25) is 0 Å². The zero-order chi connectivity index (χ0) is 12.3. The first-order chi connectivity index (χ1) is 8.20. The van der Waals surface area contributed by atoms with Crippen LogP contribution in [0.25, 0.3) is 6.08 Å². The van der Waals surface area contributed by atoms with E-state index in [-0.39, 0.29) is 0 Å². The molecule has 0 saturated carbocycles.